The van der Waals surface area contributed by atoms with Gasteiger partial charge in [0.1, 0.15) is 13.2 Å². The number of carbonyl (C=O) groups is 1. The molecule has 0 aliphatic rings. The Balaban J connectivity index is 1.76. The van der Waals surface area contributed by atoms with E-state index in [0.29, 0.717) is 31.1 Å². The van der Waals surface area contributed by atoms with E-state index in [4.69, 9.17) is 14.2 Å². The Labute approximate surface area is 172 Å². The van der Waals surface area contributed by atoms with Crippen LogP contribution in [0.4, 0.5) is 0 Å². The van der Waals surface area contributed by atoms with Gasteiger partial charge >= 0.3 is 5.97 Å². The molecule has 0 N–H and O–H groups in total. The highest BCUT2D eigenvalue weighted by atomic mass is 16.5. The average molecular weight is 390 g/mol. The van der Waals surface area contributed by atoms with Gasteiger partial charge in [-0.05, 0) is 35.2 Å². The second-order valence-electron chi connectivity index (χ2n) is 6.96. The molecule has 0 bridgehead atoms. The molecule has 0 aliphatic carbocycles. The van der Waals surface area contributed by atoms with E-state index in [1.165, 1.54) is 7.11 Å². The number of rotatable bonds is 9. The third-order valence-electron chi connectivity index (χ3n) is 4.63. The second-order valence-corrected chi connectivity index (χ2v) is 6.96. The summed E-state index contributed by atoms with van der Waals surface area (Å²) < 4.78 is 16.9. The fraction of sp³-hybridized carbons (Fsp3) is 0.240. The van der Waals surface area contributed by atoms with Gasteiger partial charge in [-0.2, -0.15) is 0 Å². The van der Waals surface area contributed by atoms with E-state index in [1.54, 1.807) is 0 Å². The number of esters is 1. The molecule has 0 saturated carbocycles. The number of ether oxygens (including phenoxy) is 3. The zero-order valence-electron chi connectivity index (χ0n) is 16.8. The van der Waals surface area contributed by atoms with Crippen LogP contribution in [0.15, 0.2) is 78.9 Å². The topological polar surface area (TPSA) is 44.8 Å². The molecule has 0 spiro atoms. The monoisotopic (exact) mass is 390 g/mol. The number of hydrogen-bond acceptors (Lipinski definition) is 4. The molecule has 3 aromatic carbocycles. The van der Waals surface area contributed by atoms with Gasteiger partial charge in [0, 0.05) is 0 Å². The van der Waals surface area contributed by atoms with Crippen LogP contribution in [0.2, 0.25) is 0 Å². The van der Waals surface area contributed by atoms with Crippen LogP contribution in [0, 0.1) is 5.92 Å². The lowest BCUT2D eigenvalue weighted by Gasteiger charge is -2.16. The van der Waals surface area contributed by atoms with E-state index in [0.717, 1.165) is 16.7 Å². The second kappa shape index (κ2) is 10.3. The largest absolute Gasteiger partial charge is 0.485 e. The summed E-state index contributed by atoms with van der Waals surface area (Å²) in [5.74, 6) is 0.901. The standard InChI is InChI=1S/C25H26O4/c1-19(25(26)27-2)15-22-13-14-23(28-17-20-9-5-3-6-10-20)24(16-22)29-18-21-11-7-4-8-12-21/h3-14,16,19H,15,17-18H2,1-2H3. The minimum atomic E-state index is -0.224. The molecule has 0 saturated heterocycles. The SMILES string of the molecule is COC(=O)C(C)Cc1ccc(OCc2ccccc2)c(OCc2ccccc2)c1. The normalized spacial score (nSPS) is 11.5. The summed E-state index contributed by atoms with van der Waals surface area (Å²) in [6, 6.07) is 25.8. The summed E-state index contributed by atoms with van der Waals surface area (Å²) in [5, 5.41) is 0. The lowest BCUT2D eigenvalue weighted by molar-refractivity contribution is -0.144. The highest BCUT2D eigenvalue weighted by Gasteiger charge is 2.16. The minimum absolute atomic E-state index is 0.221. The predicted octanol–water partition coefficient (Wildman–Crippen LogP) is 5.20. The molecule has 1 atom stereocenters. The molecule has 150 valence electrons. The van der Waals surface area contributed by atoms with Gasteiger partial charge in [-0.1, -0.05) is 73.7 Å². The minimum Gasteiger partial charge on any atom is -0.485 e. The Morgan fingerprint density at radius 3 is 1.86 bits per heavy atom. The number of hydrogen-bond donors (Lipinski definition) is 0. The van der Waals surface area contributed by atoms with Crippen LogP contribution in [-0.2, 0) is 29.2 Å². The van der Waals surface area contributed by atoms with Crippen LogP contribution in [0.3, 0.4) is 0 Å². The van der Waals surface area contributed by atoms with Crippen LogP contribution in [0.5, 0.6) is 11.5 Å². The summed E-state index contributed by atoms with van der Waals surface area (Å²) in [5.41, 5.74) is 3.16. The van der Waals surface area contributed by atoms with E-state index >= 15 is 0 Å². The molecule has 0 radical (unpaired) electrons. The lowest BCUT2D eigenvalue weighted by atomic mass is 10.0. The van der Waals surface area contributed by atoms with Crippen LogP contribution < -0.4 is 9.47 Å². The van der Waals surface area contributed by atoms with Gasteiger partial charge in [-0.3, -0.25) is 4.79 Å². The van der Waals surface area contributed by atoms with Gasteiger partial charge in [-0.25, -0.2) is 0 Å². The quantitative estimate of drug-likeness (QED) is 0.471. The van der Waals surface area contributed by atoms with Crippen LogP contribution in [0.1, 0.15) is 23.6 Å². The van der Waals surface area contributed by atoms with Gasteiger partial charge in [0.15, 0.2) is 11.5 Å². The van der Waals surface area contributed by atoms with Gasteiger partial charge < -0.3 is 14.2 Å². The lowest BCUT2D eigenvalue weighted by Crippen LogP contribution is -2.15. The Morgan fingerprint density at radius 1 is 0.759 bits per heavy atom. The molecule has 3 rings (SSSR count). The van der Waals surface area contributed by atoms with Gasteiger partial charge in [0.05, 0.1) is 13.0 Å². The van der Waals surface area contributed by atoms with Crippen molar-refractivity contribution in [1.82, 2.24) is 0 Å². The molecule has 0 heterocycles. The molecule has 0 fully saturated rings. The van der Waals surface area contributed by atoms with E-state index in [-0.39, 0.29) is 11.9 Å². The van der Waals surface area contributed by atoms with E-state index in [9.17, 15) is 4.79 Å². The number of methoxy groups -OCH3 is 1. The van der Waals surface area contributed by atoms with Gasteiger partial charge in [0.25, 0.3) is 0 Å². The van der Waals surface area contributed by atoms with Crippen molar-refractivity contribution in [3.05, 3.63) is 95.6 Å². The van der Waals surface area contributed by atoms with Gasteiger partial charge in [0.2, 0.25) is 0 Å². The Morgan fingerprint density at radius 2 is 1.31 bits per heavy atom. The summed E-state index contributed by atoms with van der Waals surface area (Å²) in [4.78, 5) is 11.8. The summed E-state index contributed by atoms with van der Waals surface area (Å²) in [7, 11) is 1.41. The molecule has 0 aromatic heterocycles. The van der Waals surface area contributed by atoms with Crippen molar-refractivity contribution in [2.24, 2.45) is 5.92 Å². The van der Waals surface area contributed by atoms with Crippen molar-refractivity contribution < 1.29 is 19.0 Å². The summed E-state index contributed by atoms with van der Waals surface area (Å²) in [6.45, 7) is 2.76. The maximum Gasteiger partial charge on any atom is 0.308 e. The highest BCUT2D eigenvalue weighted by molar-refractivity contribution is 5.72. The highest BCUT2D eigenvalue weighted by Crippen LogP contribution is 2.31. The molecule has 4 nitrogen and oxygen atoms in total. The molecular weight excluding hydrogens is 364 g/mol. The van der Waals surface area contributed by atoms with Crippen molar-refractivity contribution in [3.63, 3.8) is 0 Å². The third-order valence-corrected chi connectivity index (χ3v) is 4.63. The van der Waals surface area contributed by atoms with Crippen molar-refractivity contribution in [3.8, 4) is 11.5 Å². The summed E-state index contributed by atoms with van der Waals surface area (Å²) in [6.07, 6.45) is 0.577. The maximum absolute atomic E-state index is 11.8. The molecule has 1 unspecified atom stereocenters. The zero-order valence-corrected chi connectivity index (χ0v) is 16.8. The van der Waals surface area contributed by atoms with E-state index in [2.05, 4.69) is 0 Å². The number of carbonyl (C=O) groups excluding carboxylic acids is 1. The first-order chi connectivity index (χ1) is 14.2. The van der Waals surface area contributed by atoms with E-state index < -0.39 is 0 Å². The first-order valence-corrected chi connectivity index (χ1v) is 9.70. The number of benzene rings is 3. The zero-order chi connectivity index (χ0) is 20.5. The Hall–Kier alpha value is -3.27. The summed E-state index contributed by atoms with van der Waals surface area (Å²) >= 11 is 0. The predicted molar refractivity (Wildman–Crippen MR) is 113 cm³/mol. The first-order valence-electron chi connectivity index (χ1n) is 9.70. The molecule has 0 aliphatic heterocycles. The first kappa shape index (κ1) is 20.5. The Bertz CT molecular complexity index is 907. The fourth-order valence-corrected chi connectivity index (χ4v) is 3.02. The third kappa shape index (κ3) is 6.11. The molecule has 3 aromatic rings. The molecule has 29 heavy (non-hydrogen) atoms. The van der Waals surface area contributed by atoms with Crippen LogP contribution in [0.25, 0.3) is 0 Å². The van der Waals surface area contributed by atoms with Crippen molar-refractivity contribution in [2.75, 3.05) is 7.11 Å². The van der Waals surface area contributed by atoms with Crippen molar-refractivity contribution in [1.29, 1.82) is 0 Å². The molecular formula is C25H26O4. The van der Waals surface area contributed by atoms with Crippen molar-refractivity contribution in [2.45, 2.75) is 26.6 Å². The van der Waals surface area contributed by atoms with Gasteiger partial charge in [-0.15, -0.1) is 0 Å². The molecule has 4 heteroatoms. The van der Waals surface area contributed by atoms with Crippen LogP contribution >= 0.6 is 0 Å². The fourth-order valence-electron chi connectivity index (χ4n) is 3.02. The average Bonchev–Trinajstić information content (AvgIpc) is 2.77. The van der Waals surface area contributed by atoms with E-state index in [1.807, 2.05) is 85.8 Å². The maximum atomic E-state index is 11.8. The molecule has 0 amide bonds. The smallest absolute Gasteiger partial charge is 0.308 e. The Kier molecular flexibility index (Phi) is 7.28. The van der Waals surface area contributed by atoms with Crippen LogP contribution in [-0.4, -0.2) is 13.1 Å². The van der Waals surface area contributed by atoms with Crippen molar-refractivity contribution >= 4 is 5.97 Å².